The maximum Gasteiger partial charge on any atom is 0.277 e. The van der Waals surface area contributed by atoms with Gasteiger partial charge in [-0.25, -0.2) is 0 Å². The molecule has 1 aliphatic heterocycles. The normalized spacial score (nSPS) is 14.4. The molecule has 6 nitrogen and oxygen atoms in total. The summed E-state index contributed by atoms with van der Waals surface area (Å²) >= 11 is 1.29. The van der Waals surface area contributed by atoms with Crippen LogP contribution in [0.2, 0.25) is 0 Å². The number of aromatic nitrogens is 3. The molecule has 1 atom stereocenters. The number of H-pyrrole nitrogens is 1. The SMILES string of the molecule is CC(Sc1nnc(-c2cc3ccccc3[nH]2)o1)C(=O)N1CCc2ccccc21. The number of thioether (sulfide) groups is 1. The highest BCUT2D eigenvalue weighted by atomic mass is 32.2. The maximum absolute atomic E-state index is 12.9. The molecule has 1 amide bonds. The third kappa shape index (κ3) is 2.97. The van der Waals surface area contributed by atoms with E-state index in [0.717, 1.165) is 28.7 Å². The summed E-state index contributed by atoms with van der Waals surface area (Å²) < 4.78 is 5.79. The van der Waals surface area contributed by atoms with Crippen LogP contribution in [0.15, 0.2) is 64.2 Å². The molecule has 1 unspecified atom stereocenters. The second kappa shape index (κ2) is 6.83. The lowest BCUT2D eigenvalue weighted by atomic mass is 10.2. The summed E-state index contributed by atoms with van der Waals surface area (Å²) in [7, 11) is 0. The van der Waals surface area contributed by atoms with Crippen molar-refractivity contribution >= 4 is 34.3 Å². The molecule has 0 saturated heterocycles. The number of nitrogens with zero attached hydrogens (tertiary/aromatic N) is 3. The Morgan fingerprint density at radius 1 is 1.18 bits per heavy atom. The van der Waals surface area contributed by atoms with E-state index in [1.54, 1.807) is 0 Å². The average Bonchev–Trinajstić information content (AvgIpc) is 3.44. The molecule has 1 aliphatic rings. The van der Waals surface area contributed by atoms with Crippen molar-refractivity contribution < 1.29 is 9.21 Å². The van der Waals surface area contributed by atoms with Crippen LogP contribution >= 0.6 is 11.8 Å². The van der Waals surface area contributed by atoms with Gasteiger partial charge in [0.25, 0.3) is 11.1 Å². The Labute approximate surface area is 166 Å². The fraction of sp³-hybridized carbons (Fsp3) is 0.190. The number of benzene rings is 2. The highest BCUT2D eigenvalue weighted by Gasteiger charge is 2.29. The second-order valence-corrected chi connectivity index (χ2v) is 8.06. The van der Waals surface area contributed by atoms with Gasteiger partial charge in [0.1, 0.15) is 5.69 Å². The number of hydrogen-bond donors (Lipinski definition) is 1. The first-order valence-electron chi connectivity index (χ1n) is 9.16. The summed E-state index contributed by atoms with van der Waals surface area (Å²) in [5.41, 5.74) is 4.00. The molecular formula is C21H18N4O2S. The van der Waals surface area contributed by atoms with E-state index >= 15 is 0 Å². The summed E-state index contributed by atoms with van der Waals surface area (Å²) in [6.45, 7) is 2.59. The van der Waals surface area contributed by atoms with E-state index in [2.05, 4.69) is 21.2 Å². The molecule has 5 rings (SSSR count). The standard InChI is InChI=1S/C21H18N4O2S/c1-13(20(26)25-11-10-14-6-3-5-9-18(14)25)28-21-24-23-19(27-21)17-12-15-7-2-4-8-16(15)22-17/h2-9,12-13,22H,10-11H2,1H3. The molecular weight excluding hydrogens is 372 g/mol. The first-order chi connectivity index (χ1) is 13.7. The zero-order valence-electron chi connectivity index (χ0n) is 15.3. The van der Waals surface area contributed by atoms with E-state index < -0.39 is 0 Å². The zero-order chi connectivity index (χ0) is 19.1. The summed E-state index contributed by atoms with van der Waals surface area (Å²) in [6, 6.07) is 18.0. The van der Waals surface area contributed by atoms with E-state index in [1.807, 2.05) is 60.4 Å². The van der Waals surface area contributed by atoms with Crippen molar-refractivity contribution in [2.45, 2.75) is 23.8 Å². The van der Waals surface area contributed by atoms with Crippen molar-refractivity contribution in [3.8, 4) is 11.6 Å². The number of aromatic amines is 1. The van der Waals surface area contributed by atoms with Gasteiger partial charge in [0.05, 0.1) is 5.25 Å². The summed E-state index contributed by atoms with van der Waals surface area (Å²) in [5.74, 6) is 0.477. The number of carbonyl (C=O) groups excluding carboxylic acids is 1. The Hall–Kier alpha value is -3.06. The molecule has 0 radical (unpaired) electrons. The Morgan fingerprint density at radius 2 is 2.00 bits per heavy atom. The van der Waals surface area contributed by atoms with Crippen molar-refractivity contribution in [1.29, 1.82) is 0 Å². The van der Waals surface area contributed by atoms with Crippen LogP contribution in [0, 0.1) is 0 Å². The number of anilines is 1. The van der Waals surface area contributed by atoms with Gasteiger partial charge in [0.15, 0.2) is 0 Å². The molecule has 7 heteroatoms. The first kappa shape index (κ1) is 17.1. The monoisotopic (exact) mass is 390 g/mol. The second-order valence-electron chi connectivity index (χ2n) is 6.77. The Balaban J connectivity index is 1.32. The van der Waals surface area contributed by atoms with Crippen molar-refractivity contribution in [3.05, 3.63) is 60.2 Å². The number of rotatable bonds is 4. The Bertz CT molecular complexity index is 1130. The predicted molar refractivity (Wildman–Crippen MR) is 109 cm³/mol. The molecule has 3 heterocycles. The van der Waals surface area contributed by atoms with Gasteiger partial charge in [-0.05, 0) is 37.1 Å². The maximum atomic E-state index is 12.9. The van der Waals surface area contributed by atoms with Crippen LogP contribution in [-0.4, -0.2) is 32.9 Å². The van der Waals surface area contributed by atoms with Gasteiger partial charge in [-0.3, -0.25) is 4.79 Å². The van der Waals surface area contributed by atoms with Crippen LogP contribution in [0.1, 0.15) is 12.5 Å². The quantitative estimate of drug-likeness (QED) is 0.526. The lowest BCUT2D eigenvalue weighted by molar-refractivity contribution is -0.117. The topological polar surface area (TPSA) is 75.0 Å². The lowest BCUT2D eigenvalue weighted by Gasteiger charge is -2.20. The van der Waals surface area contributed by atoms with E-state index in [4.69, 9.17) is 4.42 Å². The minimum absolute atomic E-state index is 0.0558. The minimum atomic E-state index is -0.317. The number of hydrogen-bond acceptors (Lipinski definition) is 5. The average molecular weight is 390 g/mol. The molecule has 2 aromatic carbocycles. The van der Waals surface area contributed by atoms with E-state index in [9.17, 15) is 4.79 Å². The smallest absolute Gasteiger partial charge is 0.277 e. The number of carbonyl (C=O) groups is 1. The van der Waals surface area contributed by atoms with Gasteiger partial charge < -0.3 is 14.3 Å². The van der Waals surface area contributed by atoms with Gasteiger partial charge >= 0.3 is 0 Å². The van der Waals surface area contributed by atoms with Gasteiger partial charge in [0, 0.05) is 23.1 Å². The fourth-order valence-electron chi connectivity index (χ4n) is 3.54. The Morgan fingerprint density at radius 3 is 2.89 bits per heavy atom. The van der Waals surface area contributed by atoms with Crippen molar-refractivity contribution in [2.75, 3.05) is 11.4 Å². The van der Waals surface area contributed by atoms with E-state index in [-0.39, 0.29) is 11.2 Å². The molecule has 0 spiro atoms. The van der Waals surface area contributed by atoms with Crippen molar-refractivity contribution in [2.24, 2.45) is 0 Å². The zero-order valence-corrected chi connectivity index (χ0v) is 16.1. The summed E-state index contributed by atoms with van der Waals surface area (Å²) in [4.78, 5) is 18.0. The molecule has 1 N–H and O–H groups in total. The van der Waals surface area contributed by atoms with Crippen LogP contribution in [0.3, 0.4) is 0 Å². The third-order valence-electron chi connectivity index (χ3n) is 4.95. The lowest BCUT2D eigenvalue weighted by Crippen LogP contribution is -2.35. The number of para-hydroxylation sites is 2. The van der Waals surface area contributed by atoms with Crippen LogP contribution < -0.4 is 4.90 Å². The number of fused-ring (bicyclic) bond motifs is 2. The molecule has 0 saturated carbocycles. The van der Waals surface area contributed by atoms with Gasteiger partial charge in [-0.1, -0.05) is 48.2 Å². The Kier molecular flexibility index (Phi) is 4.16. The van der Waals surface area contributed by atoms with Gasteiger partial charge in [-0.2, -0.15) is 0 Å². The number of nitrogens with one attached hydrogen (secondary N) is 1. The first-order valence-corrected chi connectivity index (χ1v) is 10.0. The number of amides is 1. The highest BCUT2D eigenvalue weighted by Crippen LogP contribution is 2.32. The van der Waals surface area contributed by atoms with Crippen molar-refractivity contribution in [1.82, 2.24) is 15.2 Å². The molecule has 0 bridgehead atoms. The van der Waals surface area contributed by atoms with Gasteiger partial charge in [-0.15, -0.1) is 10.2 Å². The molecule has 0 fully saturated rings. The largest absolute Gasteiger partial charge is 0.410 e. The molecule has 0 aliphatic carbocycles. The van der Waals surface area contributed by atoms with Crippen LogP contribution in [0.5, 0.6) is 0 Å². The fourth-order valence-corrected chi connectivity index (χ4v) is 4.29. The third-order valence-corrected chi connectivity index (χ3v) is 5.87. The molecule has 2 aromatic heterocycles. The minimum Gasteiger partial charge on any atom is -0.410 e. The van der Waals surface area contributed by atoms with Crippen LogP contribution in [-0.2, 0) is 11.2 Å². The van der Waals surface area contributed by atoms with Crippen LogP contribution in [0.4, 0.5) is 5.69 Å². The molecule has 4 aromatic rings. The van der Waals surface area contributed by atoms with E-state index in [1.165, 1.54) is 17.3 Å². The van der Waals surface area contributed by atoms with Crippen LogP contribution in [0.25, 0.3) is 22.5 Å². The molecule has 28 heavy (non-hydrogen) atoms. The van der Waals surface area contributed by atoms with Crippen molar-refractivity contribution in [3.63, 3.8) is 0 Å². The highest BCUT2D eigenvalue weighted by molar-refractivity contribution is 8.00. The molecule has 140 valence electrons. The summed E-state index contributed by atoms with van der Waals surface area (Å²) in [5, 5.41) is 9.40. The summed E-state index contributed by atoms with van der Waals surface area (Å²) in [6.07, 6.45) is 0.893. The van der Waals surface area contributed by atoms with Gasteiger partial charge in [0.2, 0.25) is 5.91 Å². The van der Waals surface area contributed by atoms with E-state index in [0.29, 0.717) is 17.7 Å². The predicted octanol–water partition coefficient (Wildman–Crippen LogP) is 4.29.